The number of carbonyl (C=O) groups excluding carboxylic acids is 4. The molecular formula is C56H36N4NaO16S4Sc. The predicted octanol–water partition coefficient (Wildman–Crippen LogP) is 5.61. The molecule has 0 saturated heterocycles. The normalized spacial score (nSPS) is 11.6. The second-order valence-corrected chi connectivity index (χ2v) is 23.0. The van der Waals surface area contributed by atoms with Crippen molar-refractivity contribution in [2.24, 2.45) is 0 Å². The minimum absolute atomic E-state index is 0. The quantitative estimate of drug-likeness (QED) is 0.0852. The molecule has 0 heterocycles. The van der Waals surface area contributed by atoms with Crippen LogP contribution in [0.1, 0.15) is 41.4 Å². The van der Waals surface area contributed by atoms with Crippen LogP contribution in [0.4, 0.5) is 22.7 Å². The van der Waals surface area contributed by atoms with E-state index in [-0.39, 0.29) is 119 Å². The summed E-state index contributed by atoms with van der Waals surface area (Å²) < 4.78 is 138. The molecule has 10 rings (SSSR count). The first-order chi connectivity index (χ1) is 37.8. The molecule has 0 aromatic heterocycles. The number of anilines is 4. The van der Waals surface area contributed by atoms with Gasteiger partial charge in [-0.25, -0.2) is 33.7 Å². The maximum Gasteiger partial charge on any atom is 3.00 e. The van der Waals surface area contributed by atoms with Crippen molar-refractivity contribution in [3.05, 3.63) is 216 Å². The Bertz CT molecular complexity index is 4140. The van der Waals surface area contributed by atoms with Crippen molar-refractivity contribution in [3.63, 3.8) is 0 Å². The first-order valence-corrected chi connectivity index (χ1v) is 28.8. The summed E-state index contributed by atoms with van der Waals surface area (Å²) in [5, 5.41) is 13.4. The van der Waals surface area contributed by atoms with Crippen molar-refractivity contribution < 1.29 is 126 Å². The SMILES string of the molecule is O=C(Nc1ccc2c(S(=O)(=O)[O-])cccc2c1)c1cccc(C(=O)Nc2ccc3c(S(=O)(=O)[O-])cccc3c2)c1.O=C(Nc1ccc2c(S(=O)(=O)[O-])cccc2c1)c1cccc(C(=O)Nc2ccc3c(S(=O)(=O)[O-])cccc3c2)c1.[Na+].[Sc+3]. The summed E-state index contributed by atoms with van der Waals surface area (Å²) in [7, 11) is -18.7. The van der Waals surface area contributed by atoms with Crippen molar-refractivity contribution in [3.8, 4) is 0 Å². The smallest absolute Gasteiger partial charge is 0.744 e. The Morgan fingerprint density at radius 1 is 0.280 bits per heavy atom. The monoisotopic (exact) mass is 1220 g/mol. The van der Waals surface area contributed by atoms with Gasteiger partial charge in [-0.3, -0.25) is 19.2 Å². The minimum atomic E-state index is -4.67. The summed E-state index contributed by atoms with van der Waals surface area (Å²) in [4.78, 5) is 50.2. The third-order valence-corrected chi connectivity index (χ3v) is 15.8. The van der Waals surface area contributed by atoms with E-state index >= 15 is 0 Å². The van der Waals surface area contributed by atoms with E-state index in [1.165, 1.54) is 170 Å². The van der Waals surface area contributed by atoms with E-state index in [2.05, 4.69) is 21.3 Å². The number of nitrogens with one attached hydrogen (secondary N) is 4. The first kappa shape index (κ1) is 62.2. The Kier molecular flexibility index (Phi) is 19.0. The first-order valence-electron chi connectivity index (χ1n) is 23.2. The van der Waals surface area contributed by atoms with Crippen LogP contribution >= 0.6 is 0 Å². The predicted molar refractivity (Wildman–Crippen MR) is 292 cm³/mol. The van der Waals surface area contributed by atoms with Gasteiger partial charge in [0.05, 0.1) is 19.6 Å². The number of hydrogen-bond donors (Lipinski definition) is 4. The Morgan fingerprint density at radius 3 is 0.671 bits per heavy atom. The molecule has 10 aromatic rings. The molecule has 4 N–H and O–H groups in total. The number of hydrogen-bond acceptors (Lipinski definition) is 16. The third-order valence-electron chi connectivity index (χ3n) is 12.2. The van der Waals surface area contributed by atoms with Crippen molar-refractivity contribution in [2.45, 2.75) is 19.6 Å². The molecule has 10 aromatic carbocycles. The van der Waals surface area contributed by atoms with Crippen LogP contribution in [0.2, 0.25) is 0 Å². The Morgan fingerprint density at radius 2 is 0.476 bits per heavy atom. The largest absolute Gasteiger partial charge is 3.00 e. The minimum Gasteiger partial charge on any atom is -0.744 e. The standard InChI is InChI=1S/2C28H20N2O8S2.Na.Sc/c2*31-27(29-21-10-12-23-17(15-21)4-2-8-25(23)39(33,34)35)19-6-1-7-20(14-19)28(32)30-22-11-13-24-18(16-22)5-3-9-26(24)40(36,37)38;;/h2*1-16H,(H,29,31)(H,30,32)(H,33,34,35)(H,36,37,38);;/q;;+1;+3/p-4. The maximum absolute atomic E-state index is 12.9. The van der Waals surface area contributed by atoms with Crippen LogP contribution in [0.15, 0.2) is 214 Å². The summed E-state index contributed by atoms with van der Waals surface area (Å²) in [5.74, 6) is -2.12. The van der Waals surface area contributed by atoms with Crippen LogP contribution in [-0.4, -0.2) is 75.5 Å². The van der Waals surface area contributed by atoms with Gasteiger partial charge in [-0.1, -0.05) is 84.9 Å². The fourth-order valence-electron chi connectivity index (χ4n) is 8.62. The molecule has 20 nitrogen and oxygen atoms in total. The van der Waals surface area contributed by atoms with Gasteiger partial charge < -0.3 is 39.5 Å². The van der Waals surface area contributed by atoms with Gasteiger partial charge in [0.25, 0.3) is 23.6 Å². The molecule has 82 heavy (non-hydrogen) atoms. The van der Waals surface area contributed by atoms with E-state index in [4.69, 9.17) is 0 Å². The zero-order chi connectivity index (χ0) is 57.3. The average Bonchev–Trinajstić information content (AvgIpc) is 3.56. The third kappa shape index (κ3) is 14.4. The van der Waals surface area contributed by atoms with Crippen LogP contribution in [0, 0.1) is 0 Å². The number of benzene rings is 10. The molecule has 4 amide bonds. The number of carbonyl (C=O) groups is 4. The van der Waals surface area contributed by atoms with Crippen molar-refractivity contribution in [2.75, 3.05) is 21.3 Å². The van der Waals surface area contributed by atoms with E-state index in [0.29, 0.717) is 44.3 Å². The Hall–Kier alpha value is -7.37. The Labute approximate surface area is 509 Å². The van der Waals surface area contributed by atoms with Crippen molar-refractivity contribution in [1.29, 1.82) is 0 Å². The molecule has 404 valence electrons. The van der Waals surface area contributed by atoms with E-state index in [1.807, 2.05) is 0 Å². The van der Waals surface area contributed by atoms with Crippen LogP contribution in [-0.2, 0) is 66.3 Å². The average molecular weight is 1220 g/mol. The fourth-order valence-corrected chi connectivity index (χ4v) is 11.4. The van der Waals surface area contributed by atoms with Crippen molar-refractivity contribution >= 4 is 130 Å². The molecule has 26 heteroatoms. The van der Waals surface area contributed by atoms with Crippen LogP contribution in [0.3, 0.4) is 0 Å². The van der Waals surface area contributed by atoms with Crippen molar-refractivity contribution in [1.82, 2.24) is 0 Å². The van der Waals surface area contributed by atoms with Gasteiger partial charge in [0.1, 0.15) is 40.5 Å². The summed E-state index contributed by atoms with van der Waals surface area (Å²) >= 11 is 0. The summed E-state index contributed by atoms with van der Waals surface area (Å²) in [6, 6.07) is 46.6. The zero-order valence-corrected chi connectivity index (χ0v) is 49.3. The van der Waals surface area contributed by atoms with Gasteiger partial charge in [0.15, 0.2) is 0 Å². The number of rotatable bonds is 12. The van der Waals surface area contributed by atoms with Gasteiger partial charge in [-0.15, -0.1) is 0 Å². The molecule has 0 aliphatic rings. The molecule has 0 unspecified atom stereocenters. The van der Waals surface area contributed by atoms with Crippen LogP contribution < -0.4 is 50.8 Å². The summed E-state index contributed by atoms with van der Waals surface area (Å²) in [5.41, 5.74) is 2.10. The Balaban J connectivity index is 0.000000230. The van der Waals surface area contributed by atoms with Gasteiger partial charge in [0, 0.05) is 45.0 Å². The van der Waals surface area contributed by atoms with Gasteiger partial charge in [0.2, 0.25) is 0 Å². The van der Waals surface area contributed by atoms with Crippen LogP contribution in [0.25, 0.3) is 43.1 Å². The molecular weight excluding hydrogens is 1180 g/mol. The molecule has 0 bridgehead atoms. The summed E-state index contributed by atoms with van der Waals surface area (Å²) in [6.07, 6.45) is 0. The maximum atomic E-state index is 12.9. The van der Waals surface area contributed by atoms with Gasteiger partial charge >= 0.3 is 55.4 Å². The number of fused-ring (bicyclic) bond motifs is 4. The molecule has 0 aliphatic carbocycles. The van der Waals surface area contributed by atoms with E-state index in [9.17, 15) is 71.1 Å². The molecule has 0 saturated carbocycles. The molecule has 0 aliphatic heterocycles. The molecule has 0 atom stereocenters. The molecule has 0 spiro atoms. The van der Waals surface area contributed by atoms with E-state index in [0.717, 1.165) is 0 Å². The fraction of sp³-hybridized carbons (Fsp3) is 0. The summed E-state index contributed by atoms with van der Waals surface area (Å²) in [6.45, 7) is 0. The molecule has 0 radical (unpaired) electrons. The zero-order valence-electron chi connectivity index (χ0n) is 42.2. The van der Waals surface area contributed by atoms with Gasteiger partial charge in [-0.2, -0.15) is 0 Å². The van der Waals surface area contributed by atoms with E-state index in [1.54, 1.807) is 24.3 Å². The molecule has 0 fully saturated rings. The topological polar surface area (TPSA) is 345 Å². The van der Waals surface area contributed by atoms with Crippen LogP contribution in [0.5, 0.6) is 0 Å². The van der Waals surface area contributed by atoms with Gasteiger partial charge in [-0.05, 0) is 152 Å². The number of amides is 4. The second-order valence-electron chi connectivity index (χ2n) is 17.6. The second kappa shape index (κ2) is 25.0. The van der Waals surface area contributed by atoms with E-state index < -0.39 is 64.1 Å².